The van der Waals surface area contributed by atoms with E-state index >= 15 is 0 Å². The van der Waals surface area contributed by atoms with Gasteiger partial charge in [-0.1, -0.05) is 6.07 Å². The largest absolute Gasteiger partial charge is 0.396 e. The first-order valence-electron chi connectivity index (χ1n) is 3.60. The van der Waals surface area contributed by atoms with E-state index in [0.717, 1.165) is 11.1 Å². The fraction of sp³-hybridized carbons (Fsp3) is 0.333. The SMILES string of the molecule is Cc1ccc(F)cc1CCO. The average Bonchev–Trinajstić information content (AvgIpc) is 1.98. The third-order valence-corrected chi connectivity index (χ3v) is 1.69. The molecule has 2 heteroatoms. The summed E-state index contributed by atoms with van der Waals surface area (Å²) in [5.74, 6) is -0.237. The highest BCUT2D eigenvalue weighted by atomic mass is 19.1. The van der Waals surface area contributed by atoms with Crippen molar-refractivity contribution in [3.8, 4) is 0 Å². The maximum Gasteiger partial charge on any atom is 0.123 e. The van der Waals surface area contributed by atoms with E-state index < -0.39 is 0 Å². The summed E-state index contributed by atoms with van der Waals surface area (Å²) >= 11 is 0. The van der Waals surface area contributed by atoms with Gasteiger partial charge in [-0.25, -0.2) is 4.39 Å². The van der Waals surface area contributed by atoms with Gasteiger partial charge in [0.1, 0.15) is 5.82 Å². The second-order valence-corrected chi connectivity index (χ2v) is 2.54. The van der Waals surface area contributed by atoms with E-state index in [1.165, 1.54) is 12.1 Å². The van der Waals surface area contributed by atoms with Crippen molar-refractivity contribution in [2.24, 2.45) is 0 Å². The van der Waals surface area contributed by atoms with Crippen molar-refractivity contribution in [1.82, 2.24) is 0 Å². The minimum atomic E-state index is -0.237. The summed E-state index contributed by atoms with van der Waals surface area (Å²) in [6, 6.07) is 4.61. The molecular weight excluding hydrogens is 143 g/mol. The number of aliphatic hydroxyl groups is 1. The van der Waals surface area contributed by atoms with Crippen molar-refractivity contribution in [2.75, 3.05) is 6.61 Å². The quantitative estimate of drug-likeness (QED) is 0.687. The Morgan fingerprint density at radius 1 is 1.45 bits per heavy atom. The van der Waals surface area contributed by atoms with Crippen molar-refractivity contribution in [1.29, 1.82) is 0 Å². The Morgan fingerprint density at radius 2 is 2.18 bits per heavy atom. The summed E-state index contributed by atoms with van der Waals surface area (Å²) in [7, 11) is 0. The van der Waals surface area contributed by atoms with Gasteiger partial charge in [-0.05, 0) is 36.6 Å². The van der Waals surface area contributed by atoms with Gasteiger partial charge in [0, 0.05) is 6.61 Å². The van der Waals surface area contributed by atoms with Crippen molar-refractivity contribution in [2.45, 2.75) is 13.3 Å². The Labute approximate surface area is 65.5 Å². The van der Waals surface area contributed by atoms with Crippen LogP contribution in [0.4, 0.5) is 4.39 Å². The molecule has 1 aromatic carbocycles. The molecule has 0 atom stereocenters. The van der Waals surface area contributed by atoms with Gasteiger partial charge in [0.2, 0.25) is 0 Å². The van der Waals surface area contributed by atoms with Gasteiger partial charge in [-0.2, -0.15) is 0 Å². The van der Waals surface area contributed by atoms with Crippen LogP contribution in [0.1, 0.15) is 11.1 Å². The summed E-state index contributed by atoms with van der Waals surface area (Å²) in [5.41, 5.74) is 1.91. The van der Waals surface area contributed by atoms with Crippen LogP contribution < -0.4 is 0 Å². The van der Waals surface area contributed by atoms with Crippen LogP contribution in [0.25, 0.3) is 0 Å². The lowest BCUT2D eigenvalue weighted by Gasteiger charge is -2.02. The molecule has 0 unspecified atom stereocenters. The molecule has 11 heavy (non-hydrogen) atoms. The van der Waals surface area contributed by atoms with Gasteiger partial charge in [-0.3, -0.25) is 0 Å². The van der Waals surface area contributed by atoms with Crippen LogP contribution in [0.2, 0.25) is 0 Å². The van der Waals surface area contributed by atoms with Gasteiger partial charge in [0.25, 0.3) is 0 Å². The topological polar surface area (TPSA) is 20.2 Å². The highest BCUT2D eigenvalue weighted by molar-refractivity contribution is 5.26. The summed E-state index contributed by atoms with van der Waals surface area (Å²) in [6.07, 6.45) is 0.531. The molecule has 0 aliphatic carbocycles. The Bertz CT molecular complexity index is 245. The molecule has 0 saturated carbocycles. The molecule has 0 aromatic heterocycles. The monoisotopic (exact) mass is 154 g/mol. The molecule has 0 amide bonds. The van der Waals surface area contributed by atoms with Gasteiger partial charge in [-0.15, -0.1) is 0 Å². The number of hydrogen-bond acceptors (Lipinski definition) is 1. The summed E-state index contributed by atoms with van der Waals surface area (Å²) < 4.78 is 12.6. The van der Waals surface area contributed by atoms with E-state index in [9.17, 15) is 4.39 Å². The van der Waals surface area contributed by atoms with Crippen LogP contribution in [-0.4, -0.2) is 11.7 Å². The molecule has 0 aliphatic heterocycles. The number of rotatable bonds is 2. The van der Waals surface area contributed by atoms with E-state index in [1.807, 2.05) is 6.92 Å². The lowest BCUT2D eigenvalue weighted by molar-refractivity contribution is 0.299. The van der Waals surface area contributed by atoms with Crippen molar-refractivity contribution in [3.05, 3.63) is 35.1 Å². The Kier molecular flexibility index (Phi) is 2.60. The maximum absolute atomic E-state index is 12.6. The minimum absolute atomic E-state index is 0.0737. The normalized spacial score (nSPS) is 10.1. The molecular formula is C9H11FO. The zero-order valence-electron chi connectivity index (χ0n) is 6.47. The first-order chi connectivity index (χ1) is 5.24. The van der Waals surface area contributed by atoms with Crippen LogP contribution in [0.15, 0.2) is 18.2 Å². The van der Waals surface area contributed by atoms with E-state index in [0.29, 0.717) is 6.42 Å². The second-order valence-electron chi connectivity index (χ2n) is 2.54. The number of aliphatic hydroxyl groups excluding tert-OH is 1. The first-order valence-corrected chi connectivity index (χ1v) is 3.60. The molecule has 1 N–H and O–H groups in total. The Hall–Kier alpha value is -0.890. The molecule has 0 heterocycles. The zero-order valence-corrected chi connectivity index (χ0v) is 6.47. The second kappa shape index (κ2) is 3.49. The van der Waals surface area contributed by atoms with Crippen LogP contribution in [0.5, 0.6) is 0 Å². The van der Waals surface area contributed by atoms with Gasteiger partial charge in [0.15, 0.2) is 0 Å². The number of halogens is 1. The van der Waals surface area contributed by atoms with Crippen LogP contribution in [-0.2, 0) is 6.42 Å². The van der Waals surface area contributed by atoms with Gasteiger partial charge < -0.3 is 5.11 Å². The summed E-state index contributed by atoms with van der Waals surface area (Å²) in [5, 5.41) is 8.61. The van der Waals surface area contributed by atoms with Gasteiger partial charge in [0.05, 0.1) is 0 Å². The summed E-state index contributed by atoms with van der Waals surface area (Å²) in [6.45, 7) is 1.98. The molecule has 60 valence electrons. The molecule has 1 rings (SSSR count). The zero-order chi connectivity index (χ0) is 8.27. The predicted molar refractivity (Wildman–Crippen MR) is 41.9 cm³/mol. The third-order valence-electron chi connectivity index (χ3n) is 1.69. The van der Waals surface area contributed by atoms with E-state index in [4.69, 9.17) is 5.11 Å². The highest BCUT2D eigenvalue weighted by Gasteiger charge is 1.98. The van der Waals surface area contributed by atoms with Crippen molar-refractivity contribution >= 4 is 0 Å². The van der Waals surface area contributed by atoms with Crippen LogP contribution in [0, 0.1) is 12.7 Å². The number of benzene rings is 1. The molecule has 1 nitrogen and oxygen atoms in total. The minimum Gasteiger partial charge on any atom is -0.396 e. The lowest BCUT2D eigenvalue weighted by Crippen LogP contribution is -1.94. The Balaban J connectivity index is 2.93. The van der Waals surface area contributed by atoms with E-state index in [1.54, 1.807) is 6.07 Å². The van der Waals surface area contributed by atoms with E-state index in [-0.39, 0.29) is 12.4 Å². The molecule has 0 radical (unpaired) electrons. The van der Waals surface area contributed by atoms with Crippen LogP contribution in [0.3, 0.4) is 0 Å². The highest BCUT2D eigenvalue weighted by Crippen LogP contribution is 2.10. The molecule has 0 fully saturated rings. The number of hydrogen-bond donors (Lipinski definition) is 1. The Morgan fingerprint density at radius 3 is 2.82 bits per heavy atom. The van der Waals surface area contributed by atoms with Gasteiger partial charge >= 0.3 is 0 Å². The van der Waals surface area contributed by atoms with E-state index in [2.05, 4.69) is 0 Å². The fourth-order valence-corrected chi connectivity index (χ4v) is 1.03. The molecule has 1 aromatic rings. The molecule has 0 aliphatic rings. The molecule has 0 spiro atoms. The van der Waals surface area contributed by atoms with Crippen LogP contribution >= 0.6 is 0 Å². The molecule has 0 bridgehead atoms. The smallest absolute Gasteiger partial charge is 0.123 e. The number of aryl methyl sites for hydroxylation is 1. The van der Waals surface area contributed by atoms with Crippen molar-refractivity contribution < 1.29 is 9.50 Å². The van der Waals surface area contributed by atoms with Crippen molar-refractivity contribution in [3.63, 3.8) is 0 Å². The summed E-state index contributed by atoms with van der Waals surface area (Å²) in [4.78, 5) is 0. The third kappa shape index (κ3) is 2.02. The fourth-order valence-electron chi connectivity index (χ4n) is 1.03. The maximum atomic E-state index is 12.6. The lowest BCUT2D eigenvalue weighted by atomic mass is 10.1. The standard InChI is InChI=1S/C9H11FO/c1-7-2-3-9(10)6-8(7)4-5-11/h2-3,6,11H,4-5H2,1H3. The first kappa shape index (κ1) is 8.21. The predicted octanol–water partition coefficient (Wildman–Crippen LogP) is 1.67. The average molecular weight is 154 g/mol. The molecule has 0 saturated heterocycles.